The molecule has 0 aliphatic carbocycles. The van der Waals surface area contributed by atoms with E-state index in [4.69, 9.17) is 0 Å². The van der Waals surface area contributed by atoms with Crippen LogP contribution in [0.25, 0.3) is 0 Å². The van der Waals surface area contributed by atoms with Crippen molar-refractivity contribution in [2.24, 2.45) is 0 Å². The van der Waals surface area contributed by atoms with E-state index in [0.29, 0.717) is 6.42 Å². The van der Waals surface area contributed by atoms with E-state index < -0.39 is 0 Å². The number of nitrogens with zero attached hydrogens (tertiary/aromatic N) is 2. The topological polar surface area (TPSA) is 64.1 Å². The van der Waals surface area contributed by atoms with Crippen LogP contribution in [0.1, 0.15) is 12.2 Å². The molecule has 5 nitrogen and oxygen atoms in total. The van der Waals surface area contributed by atoms with Crippen LogP contribution in [0.3, 0.4) is 0 Å². The van der Waals surface area contributed by atoms with Crippen molar-refractivity contribution >= 4 is 29.3 Å². The van der Waals surface area contributed by atoms with Crippen LogP contribution in [0.2, 0.25) is 0 Å². The molecule has 1 unspecified atom stereocenters. The SMILES string of the molecule is CNC(CCSc1nc(C)ns1)C(=O)OC. The lowest BCUT2D eigenvalue weighted by Gasteiger charge is -2.12. The molecule has 0 saturated carbocycles. The number of ether oxygens (including phenoxy) is 1. The molecule has 0 amide bonds. The van der Waals surface area contributed by atoms with Crippen LogP contribution in [0.15, 0.2) is 4.34 Å². The summed E-state index contributed by atoms with van der Waals surface area (Å²) < 4.78 is 9.70. The summed E-state index contributed by atoms with van der Waals surface area (Å²) in [6.45, 7) is 1.87. The third-order valence-electron chi connectivity index (χ3n) is 1.98. The Morgan fingerprint density at radius 2 is 2.44 bits per heavy atom. The largest absolute Gasteiger partial charge is 0.468 e. The Morgan fingerprint density at radius 3 is 2.94 bits per heavy atom. The van der Waals surface area contributed by atoms with Gasteiger partial charge in [-0.25, -0.2) is 4.98 Å². The van der Waals surface area contributed by atoms with Crippen LogP contribution >= 0.6 is 23.3 Å². The second-order valence-electron chi connectivity index (χ2n) is 3.11. The first-order valence-corrected chi connectivity index (χ1v) is 6.61. The summed E-state index contributed by atoms with van der Waals surface area (Å²) in [6, 6.07) is -0.244. The summed E-state index contributed by atoms with van der Waals surface area (Å²) in [7, 11) is 3.15. The van der Waals surface area contributed by atoms with Crippen LogP contribution in [0.4, 0.5) is 0 Å². The molecule has 90 valence electrons. The number of thioether (sulfide) groups is 1. The van der Waals surface area contributed by atoms with Gasteiger partial charge in [-0.1, -0.05) is 11.8 Å². The van der Waals surface area contributed by atoms with Gasteiger partial charge in [-0.15, -0.1) is 0 Å². The first-order valence-electron chi connectivity index (χ1n) is 4.85. The maximum atomic E-state index is 11.3. The van der Waals surface area contributed by atoms with Crippen molar-refractivity contribution in [3.63, 3.8) is 0 Å². The van der Waals surface area contributed by atoms with Gasteiger partial charge in [0, 0.05) is 5.75 Å². The Kier molecular flexibility index (Phi) is 5.72. The average Bonchev–Trinajstić information content (AvgIpc) is 2.69. The molecule has 0 aliphatic rings. The van der Waals surface area contributed by atoms with Crippen molar-refractivity contribution in [2.75, 3.05) is 19.9 Å². The maximum absolute atomic E-state index is 11.3. The quantitative estimate of drug-likeness (QED) is 0.611. The van der Waals surface area contributed by atoms with E-state index in [-0.39, 0.29) is 12.0 Å². The lowest BCUT2D eigenvalue weighted by molar-refractivity contribution is -0.143. The van der Waals surface area contributed by atoms with E-state index in [1.54, 1.807) is 18.8 Å². The molecule has 0 aromatic carbocycles. The number of esters is 1. The molecule has 1 heterocycles. The van der Waals surface area contributed by atoms with E-state index in [1.165, 1.54) is 18.6 Å². The van der Waals surface area contributed by atoms with Gasteiger partial charge in [0.15, 0.2) is 4.34 Å². The Hall–Kier alpha value is -0.660. The number of rotatable bonds is 6. The third-order valence-corrected chi connectivity index (χ3v) is 3.93. The smallest absolute Gasteiger partial charge is 0.322 e. The number of carbonyl (C=O) groups excluding carboxylic acids is 1. The summed E-state index contributed by atoms with van der Waals surface area (Å²) in [5.74, 6) is 1.39. The van der Waals surface area contributed by atoms with Gasteiger partial charge in [-0.3, -0.25) is 4.79 Å². The molecule has 1 N–H and O–H groups in total. The summed E-state index contributed by atoms with van der Waals surface area (Å²) in [6.07, 6.45) is 0.715. The predicted molar refractivity (Wildman–Crippen MR) is 64.9 cm³/mol. The van der Waals surface area contributed by atoms with E-state index >= 15 is 0 Å². The third kappa shape index (κ3) is 4.07. The second-order valence-corrected chi connectivity index (χ2v) is 5.20. The number of methoxy groups -OCH3 is 1. The minimum absolute atomic E-state index is 0.225. The van der Waals surface area contributed by atoms with Crippen LogP contribution in [-0.4, -0.2) is 41.3 Å². The van der Waals surface area contributed by atoms with Gasteiger partial charge in [-0.05, 0) is 31.9 Å². The minimum atomic E-state index is -0.244. The van der Waals surface area contributed by atoms with Crippen molar-refractivity contribution in [1.29, 1.82) is 0 Å². The number of nitrogens with one attached hydrogen (secondary N) is 1. The zero-order chi connectivity index (χ0) is 12.0. The molecule has 0 spiro atoms. The standard InChI is InChI=1S/C9H15N3O2S2/c1-6-11-9(16-12-6)15-5-4-7(10-2)8(13)14-3/h7,10H,4-5H2,1-3H3. The van der Waals surface area contributed by atoms with E-state index in [1.807, 2.05) is 6.92 Å². The number of aryl methyl sites for hydroxylation is 1. The highest BCUT2D eigenvalue weighted by molar-refractivity contribution is 8.00. The highest BCUT2D eigenvalue weighted by Crippen LogP contribution is 2.21. The highest BCUT2D eigenvalue weighted by Gasteiger charge is 2.16. The first-order chi connectivity index (χ1) is 7.67. The van der Waals surface area contributed by atoms with Gasteiger partial charge in [0.25, 0.3) is 0 Å². The Bertz CT molecular complexity index is 343. The van der Waals surface area contributed by atoms with Gasteiger partial charge >= 0.3 is 5.97 Å². The Morgan fingerprint density at radius 1 is 1.69 bits per heavy atom. The minimum Gasteiger partial charge on any atom is -0.468 e. The summed E-state index contributed by atoms with van der Waals surface area (Å²) >= 11 is 3.00. The van der Waals surface area contributed by atoms with Crippen LogP contribution in [0, 0.1) is 6.92 Å². The lowest BCUT2D eigenvalue weighted by Crippen LogP contribution is -2.35. The van der Waals surface area contributed by atoms with Crippen LogP contribution in [0.5, 0.6) is 0 Å². The van der Waals surface area contributed by atoms with Gasteiger partial charge in [0.05, 0.1) is 7.11 Å². The number of hydrogen-bond donors (Lipinski definition) is 1. The molecule has 1 rings (SSSR count). The number of hydrogen-bond acceptors (Lipinski definition) is 7. The number of likely N-dealkylation sites (N-methyl/N-ethyl adjacent to an activating group) is 1. The molecular formula is C9H15N3O2S2. The zero-order valence-corrected chi connectivity index (χ0v) is 11.2. The van der Waals surface area contributed by atoms with Gasteiger partial charge in [0.2, 0.25) is 0 Å². The molecule has 16 heavy (non-hydrogen) atoms. The van der Waals surface area contributed by atoms with Crippen molar-refractivity contribution in [2.45, 2.75) is 23.7 Å². The summed E-state index contributed by atoms with van der Waals surface area (Å²) in [4.78, 5) is 15.5. The molecule has 0 bridgehead atoms. The lowest BCUT2D eigenvalue weighted by atomic mass is 10.2. The molecule has 0 saturated heterocycles. The van der Waals surface area contributed by atoms with Gasteiger partial charge in [0.1, 0.15) is 11.9 Å². The maximum Gasteiger partial charge on any atom is 0.322 e. The summed E-state index contributed by atoms with van der Waals surface area (Å²) in [5.41, 5.74) is 0. The normalized spacial score (nSPS) is 12.4. The molecule has 0 aliphatic heterocycles. The average molecular weight is 261 g/mol. The fraction of sp³-hybridized carbons (Fsp3) is 0.667. The molecule has 0 radical (unpaired) electrons. The van der Waals surface area contributed by atoms with E-state index in [2.05, 4.69) is 19.4 Å². The Balaban J connectivity index is 2.31. The van der Waals surface area contributed by atoms with Crippen molar-refractivity contribution in [3.05, 3.63) is 5.82 Å². The van der Waals surface area contributed by atoms with Crippen LogP contribution < -0.4 is 5.32 Å². The van der Waals surface area contributed by atoms with Gasteiger partial charge < -0.3 is 10.1 Å². The van der Waals surface area contributed by atoms with E-state index in [0.717, 1.165) is 15.9 Å². The van der Waals surface area contributed by atoms with Crippen molar-refractivity contribution in [1.82, 2.24) is 14.7 Å². The second kappa shape index (κ2) is 6.82. The number of aromatic nitrogens is 2. The Labute approximate surface area is 103 Å². The molecule has 1 aromatic rings. The monoisotopic (exact) mass is 261 g/mol. The number of carbonyl (C=O) groups is 1. The van der Waals surface area contributed by atoms with Crippen molar-refractivity contribution in [3.8, 4) is 0 Å². The van der Waals surface area contributed by atoms with E-state index in [9.17, 15) is 4.79 Å². The van der Waals surface area contributed by atoms with Crippen LogP contribution in [-0.2, 0) is 9.53 Å². The predicted octanol–water partition coefficient (Wildman–Crippen LogP) is 1.09. The molecule has 7 heteroatoms. The summed E-state index contributed by atoms with van der Waals surface area (Å²) in [5, 5.41) is 2.92. The first kappa shape index (κ1) is 13.4. The fourth-order valence-corrected chi connectivity index (χ4v) is 2.84. The molecule has 1 aromatic heterocycles. The highest BCUT2D eigenvalue weighted by atomic mass is 32.2. The van der Waals surface area contributed by atoms with Crippen molar-refractivity contribution < 1.29 is 9.53 Å². The molecule has 1 atom stereocenters. The zero-order valence-electron chi connectivity index (χ0n) is 9.52. The molecular weight excluding hydrogens is 246 g/mol. The fourth-order valence-electron chi connectivity index (χ4n) is 1.12. The van der Waals surface area contributed by atoms with Gasteiger partial charge in [-0.2, -0.15) is 4.37 Å². The molecule has 0 fully saturated rings.